The number of rotatable bonds is 6. The smallest absolute Gasteiger partial charge is 0.259 e. The average Bonchev–Trinajstić information content (AvgIpc) is 2.55. The molecule has 2 aromatic carbocycles. The molecule has 0 bridgehead atoms. The SMILES string of the molecule is CCc1ccc(/C=N/NC(=O)CNc2ccc(C)cc2)cc1. The van der Waals surface area contributed by atoms with Crippen LogP contribution in [0.25, 0.3) is 0 Å². The van der Waals surface area contributed by atoms with E-state index in [4.69, 9.17) is 0 Å². The monoisotopic (exact) mass is 295 g/mol. The second kappa shape index (κ2) is 7.98. The first-order valence-electron chi connectivity index (χ1n) is 7.39. The van der Waals surface area contributed by atoms with Crippen molar-refractivity contribution in [3.63, 3.8) is 0 Å². The lowest BCUT2D eigenvalue weighted by Gasteiger charge is -2.05. The van der Waals surface area contributed by atoms with Crippen LogP contribution in [0.4, 0.5) is 5.69 Å². The molecule has 2 N–H and O–H groups in total. The van der Waals surface area contributed by atoms with Gasteiger partial charge in [0.25, 0.3) is 5.91 Å². The molecule has 0 heterocycles. The highest BCUT2D eigenvalue weighted by Crippen LogP contribution is 2.07. The summed E-state index contributed by atoms with van der Waals surface area (Å²) in [5, 5.41) is 7.01. The molecule has 0 aliphatic carbocycles. The highest BCUT2D eigenvalue weighted by molar-refractivity contribution is 5.84. The number of nitrogens with one attached hydrogen (secondary N) is 2. The van der Waals surface area contributed by atoms with E-state index in [1.165, 1.54) is 11.1 Å². The molecule has 114 valence electrons. The molecule has 0 aromatic heterocycles. The van der Waals surface area contributed by atoms with Crippen LogP contribution in [0.2, 0.25) is 0 Å². The van der Waals surface area contributed by atoms with E-state index in [0.717, 1.165) is 17.7 Å². The van der Waals surface area contributed by atoms with E-state index in [1.807, 2.05) is 43.3 Å². The predicted molar refractivity (Wildman–Crippen MR) is 91.2 cm³/mol. The molecule has 2 aromatic rings. The number of amides is 1. The van der Waals surface area contributed by atoms with Crippen LogP contribution in [0.15, 0.2) is 53.6 Å². The summed E-state index contributed by atoms with van der Waals surface area (Å²) in [5.41, 5.74) is 6.86. The molecule has 0 aliphatic rings. The Morgan fingerprint density at radius 1 is 1.09 bits per heavy atom. The lowest BCUT2D eigenvalue weighted by atomic mass is 10.1. The van der Waals surface area contributed by atoms with E-state index < -0.39 is 0 Å². The molecule has 0 spiro atoms. The summed E-state index contributed by atoms with van der Waals surface area (Å²) in [6.07, 6.45) is 2.65. The summed E-state index contributed by atoms with van der Waals surface area (Å²) in [4.78, 5) is 11.7. The summed E-state index contributed by atoms with van der Waals surface area (Å²) < 4.78 is 0. The van der Waals surface area contributed by atoms with Crippen molar-refractivity contribution in [3.8, 4) is 0 Å². The van der Waals surface area contributed by atoms with Gasteiger partial charge in [-0.25, -0.2) is 5.43 Å². The minimum atomic E-state index is -0.179. The average molecular weight is 295 g/mol. The van der Waals surface area contributed by atoms with E-state index in [0.29, 0.717) is 0 Å². The molecule has 0 saturated carbocycles. The van der Waals surface area contributed by atoms with Gasteiger partial charge in [-0.15, -0.1) is 0 Å². The first-order chi connectivity index (χ1) is 10.7. The van der Waals surface area contributed by atoms with Gasteiger partial charge in [0.2, 0.25) is 0 Å². The molecule has 0 radical (unpaired) electrons. The maximum absolute atomic E-state index is 11.7. The van der Waals surface area contributed by atoms with Gasteiger partial charge in [-0.1, -0.05) is 48.9 Å². The third kappa shape index (κ3) is 5.05. The largest absolute Gasteiger partial charge is 0.376 e. The Hall–Kier alpha value is -2.62. The minimum absolute atomic E-state index is 0.179. The predicted octanol–water partition coefficient (Wildman–Crippen LogP) is 3.12. The van der Waals surface area contributed by atoms with E-state index >= 15 is 0 Å². The number of carbonyl (C=O) groups excluding carboxylic acids is 1. The first kappa shape index (κ1) is 15.8. The molecule has 0 atom stereocenters. The van der Waals surface area contributed by atoms with Crippen molar-refractivity contribution in [2.75, 3.05) is 11.9 Å². The molecule has 0 saturated heterocycles. The highest BCUT2D eigenvalue weighted by Gasteiger charge is 1.99. The summed E-state index contributed by atoms with van der Waals surface area (Å²) in [7, 11) is 0. The van der Waals surface area contributed by atoms with Crippen LogP contribution in [-0.2, 0) is 11.2 Å². The summed E-state index contributed by atoms with van der Waals surface area (Å²) in [6.45, 7) is 4.33. The van der Waals surface area contributed by atoms with Crippen molar-refractivity contribution < 1.29 is 4.79 Å². The third-order valence-corrected chi connectivity index (χ3v) is 3.30. The van der Waals surface area contributed by atoms with Gasteiger partial charge in [-0.2, -0.15) is 5.10 Å². The maximum Gasteiger partial charge on any atom is 0.259 e. The van der Waals surface area contributed by atoms with Gasteiger partial charge in [0.1, 0.15) is 0 Å². The van der Waals surface area contributed by atoms with Crippen LogP contribution in [0.5, 0.6) is 0 Å². The summed E-state index contributed by atoms with van der Waals surface area (Å²) >= 11 is 0. The van der Waals surface area contributed by atoms with Gasteiger partial charge in [0.05, 0.1) is 12.8 Å². The molecular weight excluding hydrogens is 274 g/mol. The quantitative estimate of drug-likeness (QED) is 0.635. The summed E-state index contributed by atoms with van der Waals surface area (Å²) in [5.74, 6) is -0.179. The Morgan fingerprint density at radius 3 is 2.41 bits per heavy atom. The van der Waals surface area contributed by atoms with Crippen molar-refractivity contribution >= 4 is 17.8 Å². The number of hydrogen-bond donors (Lipinski definition) is 2. The molecule has 22 heavy (non-hydrogen) atoms. The van der Waals surface area contributed by atoms with Gasteiger partial charge in [-0.3, -0.25) is 4.79 Å². The molecule has 2 rings (SSSR count). The van der Waals surface area contributed by atoms with Gasteiger partial charge < -0.3 is 5.32 Å². The number of aryl methyl sites for hydroxylation is 2. The van der Waals surface area contributed by atoms with E-state index in [-0.39, 0.29) is 12.5 Å². The van der Waals surface area contributed by atoms with E-state index in [2.05, 4.69) is 34.9 Å². The summed E-state index contributed by atoms with van der Waals surface area (Å²) in [6, 6.07) is 16.0. The van der Waals surface area contributed by atoms with Gasteiger partial charge in [-0.05, 0) is 36.6 Å². The zero-order valence-electron chi connectivity index (χ0n) is 13.0. The molecule has 0 unspecified atom stereocenters. The fourth-order valence-corrected chi connectivity index (χ4v) is 1.91. The van der Waals surface area contributed by atoms with Gasteiger partial charge >= 0.3 is 0 Å². The van der Waals surface area contributed by atoms with Gasteiger partial charge in [0, 0.05) is 5.69 Å². The van der Waals surface area contributed by atoms with Crippen LogP contribution < -0.4 is 10.7 Å². The number of hydrazone groups is 1. The molecular formula is C18H21N3O. The zero-order valence-corrected chi connectivity index (χ0v) is 13.0. The molecule has 0 fully saturated rings. The molecule has 0 aliphatic heterocycles. The molecule has 4 heteroatoms. The van der Waals surface area contributed by atoms with Gasteiger partial charge in [0.15, 0.2) is 0 Å². The maximum atomic E-state index is 11.7. The Bertz CT molecular complexity index is 630. The fraction of sp³-hybridized carbons (Fsp3) is 0.222. The Labute approximate surface area is 131 Å². The lowest BCUT2D eigenvalue weighted by Crippen LogP contribution is -2.25. The normalized spacial score (nSPS) is 10.6. The van der Waals surface area contributed by atoms with Crippen LogP contribution in [0.1, 0.15) is 23.6 Å². The zero-order chi connectivity index (χ0) is 15.8. The first-order valence-corrected chi connectivity index (χ1v) is 7.39. The van der Waals surface area contributed by atoms with Crippen LogP contribution in [0, 0.1) is 6.92 Å². The van der Waals surface area contributed by atoms with Crippen LogP contribution in [0.3, 0.4) is 0 Å². The second-order valence-corrected chi connectivity index (χ2v) is 5.11. The van der Waals surface area contributed by atoms with Crippen LogP contribution >= 0.6 is 0 Å². The topological polar surface area (TPSA) is 53.5 Å². The van der Waals surface area contributed by atoms with Crippen molar-refractivity contribution in [3.05, 3.63) is 65.2 Å². The van der Waals surface area contributed by atoms with Crippen molar-refractivity contribution in [1.29, 1.82) is 0 Å². The fourth-order valence-electron chi connectivity index (χ4n) is 1.91. The Kier molecular flexibility index (Phi) is 5.72. The minimum Gasteiger partial charge on any atom is -0.376 e. The number of nitrogens with zero attached hydrogens (tertiary/aromatic N) is 1. The Balaban J connectivity index is 1.76. The third-order valence-electron chi connectivity index (χ3n) is 3.30. The van der Waals surface area contributed by atoms with E-state index in [9.17, 15) is 4.79 Å². The van der Waals surface area contributed by atoms with Crippen molar-refractivity contribution in [2.24, 2.45) is 5.10 Å². The Morgan fingerprint density at radius 2 is 1.77 bits per heavy atom. The molecule has 1 amide bonds. The number of benzene rings is 2. The van der Waals surface area contributed by atoms with Crippen molar-refractivity contribution in [2.45, 2.75) is 20.3 Å². The second-order valence-electron chi connectivity index (χ2n) is 5.11. The molecule has 4 nitrogen and oxygen atoms in total. The number of carbonyl (C=O) groups is 1. The van der Waals surface area contributed by atoms with E-state index in [1.54, 1.807) is 6.21 Å². The number of anilines is 1. The lowest BCUT2D eigenvalue weighted by molar-refractivity contribution is -0.119. The van der Waals surface area contributed by atoms with Crippen LogP contribution in [-0.4, -0.2) is 18.7 Å². The standard InChI is InChI=1S/C18H21N3O/c1-3-15-6-8-16(9-7-15)12-20-21-18(22)13-19-17-10-4-14(2)5-11-17/h4-12,19H,3,13H2,1-2H3,(H,21,22)/b20-12+. The van der Waals surface area contributed by atoms with Crippen molar-refractivity contribution in [1.82, 2.24) is 5.43 Å². The highest BCUT2D eigenvalue weighted by atomic mass is 16.2. The number of hydrogen-bond acceptors (Lipinski definition) is 3.